The second-order valence-corrected chi connectivity index (χ2v) is 5.75. The Morgan fingerprint density at radius 1 is 1.50 bits per heavy atom. The molecule has 0 heterocycles. The number of hydrogen-bond donors (Lipinski definition) is 2. The van der Waals surface area contributed by atoms with Crippen molar-refractivity contribution in [2.45, 2.75) is 13.3 Å². The molecule has 0 aromatic heterocycles. The number of carbonyl (C=O) groups excluding carboxylic acids is 1. The number of nitrogens with one attached hydrogen (secondary N) is 1. The van der Waals surface area contributed by atoms with Gasteiger partial charge in [-0.2, -0.15) is 0 Å². The molecule has 1 aromatic carbocycles. The van der Waals surface area contributed by atoms with Gasteiger partial charge in [-0.25, -0.2) is 9.18 Å². The van der Waals surface area contributed by atoms with Crippen molar-refractivity contribution in [1.82, 2.24) is 0 Å². The Morgan fingerprint density at radius 3 is 2.80 bits per heavy atom. The first-order valence-corrected chi connectivity index (χ1v) is 7.98. The molecule has 1 rings (SSSR count). The van der Waals surface area contributed by atoms with E-state index >= 15 is 0 Å². The van der Waals surface area contributed by atoms with Gasteiger partial charge in [0.05, 0.1) is 17.9 Å². The van der Waals surface area contributed by atoms with E-state index in [9.17, 15) is 13.4 Å². The number of nitrogens with two attached hydrogens (primary N) is 1. The molecule has 1 aromatic rings. The average molecular weight is 302 g/mol. The van der Waals surface area contributed by atoms with Crippen molar-refractivity contribution in [2.24, 2.45) is 0 Å². The fourth-order valence-corrected chi connectivity index (χ4v) is 2.16. The molecule has 0 spiro atoms. The number of anilines is 2. The Bertz CT molecular complexity index is 509. The highest BCUT2D eigenvalue weighted by molar-refractivity contribution is 7.84. The topological polar surface area (TPSA) is 81.4 Å². The van der Waals surface area contributed by atoms with Crippen LogP contribution in [0.3, 0.4) is 0 Å². The molecule has 0 fully saturated rings. The van der Waals surface area contributed by atoms with E-state index in [1.807, 2.05) is 0 Å². The van der Waals surface area contributed by atoms with Crippen LogP contribution in [0.4, 0.5) is 15.8 Å². The van der Waals surface area contributed by atoms with Crippen LogP contribution >= 0.6 is 0 Å². The zero-order valence-corrected chi connectivity index (χ0v) is 12.4. The summed E-state index contributed by atoms with van der Waals surface area (Å²) < 4.78 is 29.5. The van der Waals surface area contributed by atoms with Crippen molar-refractivity contribution in [3.05, 3.63) is 23.5 Å². The second kappa shape index (κ2) is 7.84. The summed E-state index contributed by atoms with van der Waals surface area (Å²) in [5.41, 5.74) is 5.97. The van der Waals surface area contributed by atoms with E-state index < -0.39 is 22.6 Å². The van der Waals surface area contributed by atoms with Crippen LogP contribution in [-0.2, 0) is 15.5 Å². The lowest BCUT2D eigenvalue weighted by Gasteiger charge is -2.11. The van der Waals surface area contributed by atoms with E-state index in [0.717, 1.165) is 6.07 Å². The number of rotatable bonds is 7. The van der Waals surface area contributed by atoms with Crippen LogP contribution in [0.25, 0.3) is 0 Å². The van der Waals surface area contributed by atoms with Gasteiger partial charge in [0.25, 0.3) is 0 Å². The molecule has 0 amide bonds. The van der Waals surface area contributed by atoms with E-state index in [4.69, 9.17) is 10.5 Å². The Morgan fingerprint density at radius 2 is 2.20 bits per heavy atom. The summed E-state index contributed by atoms with van der Waals surface area (Å²) in [6.45, 7) is 2.37. The monoisotopic (exact) mass is 302 g/mol. The third-order valence-electron chi connectivity index (χ3n) is 2.56. The minimum atomic E-state index is -0.875. The summed E-state index contributed by atoms with van der Waals surface area (Å²) in [6.07, 6.45) is 2.25. The number of hydrogen-bond acceptors (Lipinski definition) is 5. The first-order valence-electron chi connectivity index (χ1n) is 6.25. The average Bonchev–Trinajstić information content (AvgIpc) is 2.36. The predicted octanol–water partition coefficient (Wildman–Crippen LogP) is 1.77. The van der Waals surface area contributed by atoms with Gasteiger partial charge >= 0.3 is 5.97 Å². The van der Waals surface area contributed by atoms with Gasteiger partial charge < -0.3 is 15.8 Å². The molecule has 112 valence electrons. The number of ether oxygens (including phenoxy) is 1. The van der Waals surface area contributed by atoms with Gasteiger partial charge in [0, 0.05) is 35.0 Å². The molecule has 5 nitrogen and oxygen atoms in total. The zero-order chi connectivity index (χ0) is 15.1. The number of halogens is 1. The van der Waals surface area contributed by atoms with Crippen LogP contribution in [0.1, 0.15) is 23.7 Å². The molecular formula is C13H19FN2O3S. The summed E-state index contributed by atoms with van der Waals surface area (Å²) in [5, 5.41) is 2.86. The summed E-state index contributed by atoms with van der Waals surface area (Å²) >= 11 is 0. The molecule has 0 aliphatic heterocycles. The van der Waals surface area contributed by atoms with Crippen LogP contribution < -0.4 is 11.1 Å². The second-order valence-electron chi connectivity index (χ2n) is 4.20. The first-order chi connectivity index (χ1) is 9.45. The SMILES string of the molecule is CCOC(=O)c1cc(NCCCS(C)=O)c(F)cc1N. The predicted molar refractivity (Wildman–Crippen MR) is 78.8 cm³/mol. The van der Waals surface area contributed by atoms with Crippen LogP contribution in [0.5, 0.6) is 0 Å². The van der Waals surface area contributed by atoms with Crippen LogP contribution in [-0.4, -0.2) is 35.3 Å². The number of benzene rings is 1. The molecule has 0 saturated heterocycles. The van der Waals surface area contributed by atoms with Crippen molar-refractivity contribution in [1.29, 1.82) is 0 Å². The van der Waals surface area contributed by atoms with E-state index in [1.165, 1.54) is 6.07 Å². The van der Waals surface area contributed by atoms with Crippen molar-refractivity contribution < 1.29 is 18.1 Å². The van der Waals surface area contributed by atoms with E-state index in [0.29, 0.717) is 18.7 Å². The van der Waals surface area contributed by atoms with Crippen LogP contribution in [0.15, 0.2) is 12.1 Å². The highest BCUT2D eigenvalue weighted by Gasteiger charge is 2.15. The third-order valence-corrected chi connectivity index (χ3v) is 3.42. The van der Waals surface area contributed by atoms with Gasteiger partial charge in [-0.15, -0.1) is 0 Å². The van der Waals surface area contributed by atoms with Gasteiger partial charge in [0.1, 0.15) is 5.82 Å². The van der Waals surface area contributed by atoms with Crippen molar-refractivity contribution in [2.75, 3.05) is 36.2 Å². The van der Waals surface area contributed by atoms with E-state index in [-0.39, 0.29) is 23.5 Å². The van der Waals surface area contributed by atoms with Crippen molar-refractivity contribution in [3.8, 4) is 0 Å². The largest absolute Gasteiger partial charge is 0.462 e. The minimum Gasteiger partial charge on any atom is -0.462 e. The molecule has 1 atom stereocenters. The molecule has 0 bridgehead atoms. The zero-order valence-electron chi connectivity index (χ0n) is 11.6. The van der Waals surface area contributed by atoms with Gasteiger partial charge in [-0.3, -0.25) is 4.21 Å². The summed E-state index contributed by atoms with van der Waals surface area (Å²) in [7, 11) is -0.875. The lowest BCUT2D eigenvalue weighted by Crippen LogP contribution is -2.12. The smallest absolute Gasteiger partial charge is 0.340 e. The molecule has 0 aliphatic carbocycles. The summed E-state index contributed by atoms with van der Waals surface area (Å²) in [5.74, 6) is -0.579. The van der Waals surface area contributed by atoms with E-state index in [2.05, 4.69) is 5.32 Å². The lowest BCUT2D eigenvalue weighted by molar-refractivity contribution is 0.0527. The number of esters is 1. The Balaban J connectivity index is 2.78. The fourth-order valence-electron chi connectivity index (χ4n) is 1.61. The highest BCUT2D eigenvalue weighted by atomic mass is 32.2. The van der Waals surface area contributed by atoms with Crippen LogP contribution in [0.2, 0.25) is 0 Å². The molecule has 0 saturated carbocycles. The van der Waals surface area contributed by atoms with E-state index in [1.54, 1.807) is 13.2 Å². The Hall–Kier alpha value is -1.63. The molecule has 0 aliphatic rings. The summed E-state index contributed by atoms with van der Waals surface area (Å²) in [4.78, 5) is 11.7. The van der Waals surface area contributed by atoms with Crippen LogP contribution in [0, 0.1) is 5.82 Å². The molecule has 3 N–H and O–H groups in total. The standard InChI is InChI=1S/C13H19FN2O3S/c1-3-19-13(17)9-7-12(10(14)8-11(9)15)16-5-4-6-20(2)18/h7-8,16H,3-6,15H2,1-2H3. The van der Waals surface area contributed by atoms with Gasteiger partial charge in [0.2, 0.25) is 0 Å². The first kappa shape index (κ1) is 16.4. The van der Waals surface area contributed by atoms with Crippen molar-refractivity contribution >= 4 is 28.1 Å². The van der Waals surface area contributed by atoms with Crippen molar-refractivity contribution in [3.63, 3.8) is 0 Å². The molecule has 1 unspecified atom stereocenters. The molecule has 0 radical (unpaired) electrons. The maximum absolute atomic E-state index is 13.7. The molecule has 20 heavy (non-hydrogen) atoms. The minimum absolute atomic E-state index is 0.0427. The maximum Gasteiger partial charge on any atom is 0.340 e. The molecule has 7 heteroatoms. The maximum atomic E-state index is 13.7. The van der Waals surface area contributed by atoms with Gasteiger partial charge in [0.15, 0.2) is 0 Å². The quantitative estimate of drug-likeness (QED) is 0.456. The normalized spacial score (nSPS) is 11.9. The highest BCUT2D eigenvalue weighted by Crippen LogP contribution is 2.23. The Labute approximate surface area is 120 Å². The number of carbonyl (C=O) groups is 1. The number of nitrogen functional groups attached to an aromatic ring is 1. The third kappa shape index (κ3) is 4.80. The summed E-state index contributed by atoms with van der Waals surface area (Å²) in [6, 6.07) is 2.43. The Kier molecular flexibility index (Phi) is 6.44. The fraction of sp³-hybridized carbons (Fsp3) is 0.462. The molecular weight excluding hydrogens is 283 g/mol. The van der Waals surface area contributed by atoms with Gasteiger partial charge in [-0.05, 0) is 25.5 Å². The van der Waals surface area contributed by atoms with Gasteiger partial charge in [-0.1, -0.05) is 0 Å². The lowest BCUT2D eigenvalue weighted by atomic mass is 10.1.